The molecular weight excluding hydrogens is 306 g/mol. The van der Waals surface area contributed by atoms with Gasteiger partial charge in [0.15, 0.2) is 5.96 Å². The van der Waals surface area contributed by atoms with Gasteiger partial charge in [0.05, 0.1) is 12.2 Å². The van der Waals surface area contributed by atoms with E-state index in [9.17, 15) is 0 Å². The van der Waals surface area contributed by atoms with Gasteiger partial charge in [0.2, 0.25) is 0 Å². The number of aryl methyl sites for hydroxylation is 2. The van der Waals surface area contributed by atoms with E-state index < -0.39 is 0 Å². The molecule has 0 amide bonds. The molecule has 1 aliphatic heterocycles. The zero-order valence-electron chi connectivity index (χ0n) is 15.0. The van der Waals surface area contributed by atoms with Crippen molar-refractivity contribution in [3.8, 4) is 0 Å². The first kappa shape index (κ1) is 18.2. The molecule has 1 saturated heterocycles. The molecule has 23 heavy (non-hydrogen) atoms. The quantitative estimate of drug-likeness (QED) is 0.619. The Hall–Kier alpha value is -1.14. The second-order valence-corrected chi connectivity index (χ2v) is 7.71. The Morgan fingerprint density at radius 3 is 2.87 bits per heavy atom. The second-order valence-electron chi connectivity index (χ2n) is 6.42. The van der Waals surface area contributed by atoms with Crippen molar-refractivity contribution in [3.05, 3.63) is 15.6 Å². The zero-order valence-corrected chi connectivity index (χ0v) is 15.8. The monoisotopic (exact) mass is 337 g/mol. The van der Waals surface area contributed by atoms with Crippen molar-refractivity contribution in [1.82, 2.24) is 20.5 Å². The number of hydrogen-bond donors (Lipinski definition) is 2. The van der Waals surface area contributed by atoms with Crippen molar-refractivity contribution in [2.45, 2.75) is 47.1 Å². The number of nitrogens with one attached hydrogen (secondary N) is 2. The van der Waals surface area contributed by atoms with Crippen LogP contribution in [0.15, 0.2) is 4.99 Å². The number of nitrogens with zero attached hydrogens (tertiary/aromatic N) is 3. The van der Waals surface area contributed by atoms with Crippen molar-refractivity contribution in [3.63, 3.8) is 0 Å². The Morgan fingerprint density at radius 2 is 2.22 bits per heavy atom. The van der Waals surface area contributed by atoms with Crippen molar-refractivity contribution in [2.75, 3.05) is 32.7 Å². The highest BCUT2D eigenvalue weighted by atomic mass is 32.1. The molecule has 1 fully saturated rings. The third kappa shape index (κ3) is 6.11. The highest BCUT2D eigenvalue weighted by molar-refractivity contribution is 7.11. The van der Waals surface area contributed by atoms with Crippen molar-refractivity contribution >= 4 is 17.3 Å². The van der Waals surface area contributed by atoms with Gasteiger partial charge in [0.1, 0.15) is 5.01 Å². The molecule has 6 heteroatoms. The van der Waals surface area contributed by atoms with Gasteiger partial charge in [-0.2, -0.15) is 0 Å². The summed E-state index contributed by atoms with van der Waals surface area (Å²) >= 11 is 1.74. The molecule has 1 aliphatic rings. The molecule has 2 N–H and O–H groups in total. The first-order valence-electron chi connectivity index (χ1n) is 8.76. The molecule has 1 atom stereocenters. The minimum Gasteiger partial charge on any atom is -0.357 e. The van der Waals surface area contributed by atoms with Crippen LogP contribution in [0.2, 0.25) is 0 Å². The summed E-state index contributed by atoms with van der Waals surface area (Å²) in [7, 11) is 0. The molecule has 130 valence electrons. The van der Waals surface area contributed by atoms with Crippen LogP contribution in [0.1, 0.15) is 42.3 Å². The van der Waals surface area contributed by atoms with E-state index in [4.69, 9.17) is 0 Å². The first-order valence-corrected chi connectivity index (χ1v) is 9.57. The van der Waals surface area contributed by atoms with Gasteiger partial charge in [-0.05, 0) is 46.1 Å². The normalized spacial score (nSPS) is 19.8. The van der Waals surface area contributed by atoms with Crippen LogP contribution in [-0.2, 0) is 6.54 Å². The standard InChI is InChI=1S/C17H31N5S/c1-5-18-17(20-11-16-21-14(3)15(4)23-16)19-8-10-22-9-6-7-13(2)12-22/h13H,5-12H2,1-4H3,(H2,18,19,20). The lowest BCUT2D eigenvalue weighted by Crippen LogP contribution is -2.43. The van der Waals surface area contributed by atoms with Crippen LogP contribution in [-0.4, -0.2) is 48.6 Å². The maximum Gasteiger partial charge on any atom is 0.191 e. The molecule has 2 rings (SSSR count). The van der Waals surface area contributed by atoms with Crippen LogP contribution in [0.5, 0.6) is 0 Å². The summed E-state index contributed by atoms with van der Waals surface area (Å²) in [6, 6.07) is 0. The fourth-order valence-electron chi connectivity index (χ4n) is 2.92. The Bertz CT molecular complexity index is 492. The van der Waals surface area contributed by atoms with Crippen LogP contribution < -0.4 is 10.6 Å². The molecule has 1 aromatic heterocycles. The fourth-order valence-corrected chi connectivity index (χ4v) is 3.78. The Labute approximate surface area is 144 Å². The Kier molecular flexibility index (Phi) is 7.30. The van der Waals surface area contributed by atoms with Crippen molar-refractivity contribution in [2.24, 2.45) is 10.9 Å². The second kappa shape index (κ2) is 9.23. The van der Waals surface area contributed by atoms with E-state index in [1.807, 2.05) is 0 Å². The predicted molar refractivity (Wildman–Crippen MR) is 99.2 cm³/mol. The summed E-state index contributed by atoms with van der Waals surface area (Å²) in [5, 5.41) is 7.85. The highest BCUT2D eigenvalue weighted by Crippen LogP contribution is 2.17. The average molecular weight is 338 g/mol. The zero-order chi connectivity index (χ0) is 16.7. The number of aliphatic imine (C=N–C) groups is 1. The fraction of sp³-hybridized carbons (Fsp3) is 0.765. The Morgan fingerprint density at radius 1 is 1.39 bits per heavy atom. The molecule has 0 aromatic carbocycles. The van der Waals surface area contributed by atoms with Crippen molar-refractivity contribution < 1.29 is 0 Å². The number of thiazole rings is 1. The lowest BCUT2D eigenvalue weighted by molar-refractivity contribution is 0.187. The van der Waals surface area contributed by atoms with E-state index >= 15 is 0 Å². The topological polar surface area (TPSA) is 52.6 Å². The number of piperidine rings is 1. The third-order valence-corrected chi connectivity index (χ3v) is 5.31. The van der Waals surface area contributed by atoms with E-state index in [0.29, 0.717) is 6.54 Å². The van der Waals surface area contributed by atoms with E-state index in [2.05, 4.69) is 53.2 Å². The van der Waals surface area contributed by atoms with Gasteiger partial charge in [-0.1, -0.05) is 6.92 Å². The summed E-state index contributed by atoms with van der Waals surface area (Å²) in [6.07, 6.45) is 2.71. The smallest absolute Gasteiger partial charge is 0.191 e. The van der Waals surface area contributed by atoms with E-state index in [1.165, 1.54) is 30.8 Å². The summed E-state index contributed by atoms with van der Waals surface area (Å²) < 4.78 is 0. The summed E-state index contributed by atoms with van der Waals surface area (Å²) in [5.41, 5.74) is 1.12. The number of rotatable bonds is 6. The molecule has 0 aliphatic carbocycles. The average Bonchev–Trinajstić information content (AvgIpc) is 2.83. The maximum absolute atomic E-state index is 4.66. The Balaban J connectivity index is 1.79. The molecule has 0 saturated carbocycles. The maximum atomic E-state index is 4.66. The van der Waals surface area contributed by atoms with Gasteiger partial charge in [-0.25, -0.2) is 9.98 Å². The lowest BCUT2D eigenvalue weighted by Gasteiger charge is -2.30. The van der Waals surface area contributed by atoms with Crippen molar-refractivity contribution in [1.29, 1.82) is 0 Å². The van der Waals surface area contributed by atoms with Crippen LogP contribution in [0.4, 0.5) is 0 Å². The van der Waals surface area contributed by atoms with E-state index in [0.717, 1.165) is 42.2 Å². The highest BCUT2D eigenvalue weighted by Gasteiger charge is 2.15. The minimum absolute atomic E-state index is 0.648. The lowest BCUT2D eigenvalue weighted by atomic mass is 10.0. The number of aromatic nitrogens is 1. The summed E-state index contributed by atoms with van der Waals surface area (Å²) in [6.45, 7) is 14.6. The van der Waals surface area contributed by atoms with Gasteiger partial charge in [0.25, 0.3) is 0 Å². The third-order valence-electron chi connectivity index (χ3n) is 4.25. The number of hydrogen-bond acceptors (Lipinski definition) is 4. The molecule has 1 unspecified atom stereocenters. The van der Waals surface area contributed by atoms with E-state index in [1.54, 1.807) is 11.3 Å². The molecule has 1 aromatic rings. The van der Waals surface area contributed by atoms with Gasteiger partial charge in [-0.15, -0.1) is 11.3 Å². The van der Waals surface area contributed by atoms with Gasteiger partial charge in [0, 0.05) is 31.1 Å². The van der Waals surface area contributed by atoms with Crippen LogP contribution >= 0.6 is 11.3 Å². The first-order chi connectivity index (χ1) is 11.1. The molecule has 5 nitrogen and oxygen atoms in total. The molecule has 2 heterocycles. The number of likely N-dealkylation sites (tertiary alicyclic amines) is 1. The minimum atomic E-state index is 0.648. The summed E-state index contributed by atoms with van der Waals surface area (Å²) in [5.74, 6) is 1.73. The molecule has 0 bridgehead atoms. The molecule has 0 radical (unpaired) electrons. The predicted octanol–water partition coefficient (Wildman–Crippen LogP) is 2.55. The van der Waals surface area contributed by atoms with Crippen LogP contribution in [0, 0.1) is 19.8 Å². The summed E-state index contributed by atoms with van der Waals surface area (Å²) in [4.78, 5) is 13.1. The van der Waals surface area contributed by atoms with E-state index in [-0.39, 0.29) is 0 Å². The van der Waals surface area contributed by atoms with Crippen LogP contribution in [0.25, 0.3) is 0 Å². The largest absolute Gasteiger partial charge is 0.357 e. The molecule has 0 spiro atoms. The number of guanidine groups is 1. The van der Waals surface area contributed by atoms with Gasteiger partial charge < -0.3 is 15.5 Å². The van der Waals surface area contributed by atoms with Gasteiger partial charge in [-0.3, -0.25) is 0 Å². The van der Waals surface area contributed by atoms with Crippen LogP contribution in [0.3, 0.4) is 0 Å². The SMILES string of the molecule is CCNC(=NCc1nc(C)c(C)s1)NCCN1CCCC(C)C1. The van der Waals surface area contributed by atoms with Gasteiger partial charge >= 0.3 is 0 Å². The molecular formula is C17H31N5S.